The molecule has 0 aliphatic carbocycles. The molecule has 19 heavy (non-hydrogen) atoms. The van der Waals surface area contributed by atoms with Crippen molar-refractivity contribution < 1.29 is 24.5 Å². The molecule has 0 saturated carbocycles. The molecule has 104 valence electrons. The maximum absolute atomic E-state index is 11.4. The molecule has 6 nitrogen and oxygen atoms in total. The molecule has 1 aromatic carbocycles. The number of nitrogens with one attached hydrogen (secondary N) is 1. The summed E-state index contributed by atoms with van der Waals surface area (Å²) < 4.78 is 5.10. The van der Waals surface area contributed by atoms with E-state index in [4.69, 9.17) is 38.2 Å². The Morgan fingerprint density at radius 3 is 2.53 bits per heavy atom. The van der Waals surface area contributed by atoms with Gasteiger partial charge in [-0.15, -0.1) is 0 Å². The van der Waals surface area contributed by atoms with Gasteiger partial charge in [0.2, 0.25) is 0 Å². The number of ether oxygens (including phenoxy) is 1. The number of amides is 1. The first kappa shape index (κ1) is 15.6. The average molecular weight is 308 g/mol. The van der Waals surface area contributed by atoms with Crippen LogP contribution in [0.1, 0.15) is 0 Å². The van der Waals surface area contributed by atoms with Crippen LogP contribution in [0.5, 0.6) is 5.75 Å². The van der Waals surface area contributed by atoms with Crippen molar-refractivity contribution in [3.8, 4) is 5.75 Å². The first-order valence-electron chi connectivity index (χ1n) is 5.15. The minimum absolute atomic E-state index is 0.276. The lowest BCUT2D eigenvalue weighted by atomic mass is 10.3. The van der Waals surface area contributed by atoms with Crippen LogP contribution in [0.3, 0.4) is 0 Å². The first-order valence-corrected chi connectivity index (χ1v) is 5.90. The predicted octanol–water partition coefficient (Wildman–Crippen LogP) is 0.934. The van der Waals surface area contributed by atoms with Gasteiger partial charge in [0, 0.05) is 6.07 Å². The maximum atomic E-state index is 11.4. The number of hydrogen-bond donors (Lipinski definition) is 3. The highest BCUT2D eigenvalue weighted by Crippen LogP contribution is 2.26. The zero-order valence-corrected chi connectivity index (χ0v) is 11.1. The zero-order chi connectivity index (χ0) is 14.4. The topological polar surface area (TPSA) is 95.9 Å². The summed E-state index contributed by atoms with van der Waals surface area (Å²) in [6.45, 7) is -1.10. The normalized spacial score (nSPS) is 11.7. The number of aliphatic hydroxyl groups excluding tert-OH is 1. The van der Waals surface area contributed by atoms with Gasteiger partial charge in [0.1, 0.15) is 11.8 Å². The number of halogens is 2. The molecule has 8 heteroatoms. The molecule has 1 rings (SSSR count). The Kier molecular flexibility index (Phi) is 5.88. The Balaban J connectivity index is 2.49. The zero-order valence-electron chi connectivity index (χ0n) is 9.60. The molecule has 0 unspecified atom stereocenters. The van der Waals surface area contributed by atoms with Crippen LogP contribution < -0.4 is 10.1 Å². The van der Waals surface area contributed by atoms with Crippen LogP contribution in [0.15, 0.2) is 18.2 Å². The molecule has 0 aromatic heterocycles. The van der Waals surface area contributed by atoms with Gasteiger partial charge in [-0.05, 0) is 12.1 Å². The van der Waals surface area contributed by atoms with Gasteiger partial charge in [-0.25, -0.2) is 4.79 Å². The molecule has 0 fully saturated rings. The van der Waals surface area contributed by atoms with Gasteiger partial charge in [0.05, 0.1) is 16.7 Å². The Labute approximate surface area is 118 Å². The van der Waals surface area contributed by atoms with Crippen molar-refractivity contribution in [3.63, 3.8) is 0 Å². The van der Waals surface area contributed by atoms with Crippen molar-refractivity contribution in [3.05, 3.63) is 28.2 Å². The summed E-state index contributed by atoms with van der Waals surface area (Å²) in [6, 6.07) is 3.09. The number of benzene rings is 1. The molecule has 3 N–H and O–H groups in total. The second kappa shape index (κ2) is 7.18. The highest BCUT2D eigenvalue weighted by Gasteiger charge is 2.18. The lowest BCUT2D eigenvalue weighted by Gasteiger charge is -2.12. The number of carbonyl (C=O) groups excluding carboxylic acids is 1. The van der Waals surface area contributed by atoms with Crippen LogP contribution in [-0.4, -0.2) is 41.3 Å². The predicted molar refractivity (Wildman–Crippen MR) is 68.6 cm³/mol. The fourth-order valence-corrected chi connectivity index (χ4v) is 1.43. The highest BCUT2D eigenvalue weighted by molar-refractivity contribution is 6.42. The van der Waals surface area contributed by atoms with Crippen LogP contribution in [0.4, 0.5) is 0 Å². The van der Waals surface area contributed by atoms with Gasteiger partial charge in [0.15, 0.2) is 6.61 Å². The fourth-order valence-electron chi connectivity index (χ4n) is 1.14. The Morgan fingerprint density at radius 1 is 1.32 bits per heavy atom. The standard InChI is InChI=1S/C11H11Cl2NO5/c12-7-2-1-6(3-8(7)13)19-5-10(16)14-9(4-15)11(17)18/h1-3,9,15H,4-5H2,(H,14,16)(H,17,18)/t9-/m0/s1. The average Bonchev–Trinajstić information content (AvgIpc) is 2.37. The molecule has 0 aliphatic rings. The van der Waals surface area contributed by atoms with E-state index < -0.39 is 31.1 Å². The SMILES string of the molecule is O=C(COc1ccc(Cl)c(Cl)c1)N[C@@H](CO)C(=O)O. The van der Waals surface area contributed by atoms with E-state index in [1.807, 2.05) is 0 Å². The minimum Gasteiger partial charge on any atom is -0.484 e. The third-order valence-electron chi connectivity index (χ3n) is 2.08. The number of carboxylic acid groups (broad SMARTS) is 1. The molecular formula is C11H11Cl2NO5. The number of carbonyl (C=O) groups is 2. The molecule has 0 spiro atoms. The van der Waals surface area contributed by atoms with Gasteiger partial charge in [0.25, 0.3) is 5.91 Å². The third-order valence-corrected chi connectivity index (χ3v) is 2.82. The van der Waals surface area contributed by atoms with E-state index in [2.05, 4.69) is 5.32 Å². The van der Waals surface area contributed by atoms with Crippen LogP contribution in [0.2, 0.25) is 10.0 Å². The molecule has 1 aromatic rings. The number of aliphatic hydroxyl groups is 1. The Bertz CT molecular complexity index is 480. The van der Waals surface area contributed by atoms with Crippen molar-refractivity contribution in [2.45, 2.75) is 6.04 Å². The molecule has 0 bridgehead atoms. The smallest absolute Gasteiger partial charge is 0.328 e. The summed E-state index contributed by atoms with van der Waals surface area (Å²) in [6.07, 6.45) is 0. The van der Waals surface area contributed by atoms with E-state index in [9.17, 15) is 9.59 Å². The Morgan fingerprint density at radius 2 is 2.00 bits per heavy atom. The molecule has 0 heterocycles. The number of rotatable bonds is 6. The van der Waals surface area contributed by atoms with Gasteiger partial charge >= 0.3 is 5.97 Å². The van der Waals surface area contributed by atoms with Gasteiger partial charge < -0.3 is 20.3 Å². The van der Waals surface area contributed by atoms with Crippen molar-refractivity contribution in [2.24, 2.45) is 0 Å². The van der Waals surface area contributed by atoms with Crippen LogP contribution in [0.25, 0.3) is 0 Å². The van der Waals surface area contributed by atoms with Crippen LogP contribution >= 0.6 is 23.2 Å². The summed E-state index contributed by atoms with van der Waals surface area (Å²) in [5.74, 6) is -1.68. The summed E-state index contributed by atoms with van der Waals surface area (Å²) in [4.78, 5) is 21.9. The van der Waals surface area contributed by atoms with E-state index in [0.29, 0.717) is 10.8 Å². The summed E-state index contributed by atoms with van der Waals surface area (Å²) in [7, 11) is 0. The van der Waals surface area contributed by atoms with Crippen molar-refractivity contribution in [1.29, 1.82) is 0 Å². The number of hydrogen-bond acceptors (Lipinski definition) is 4. The molecule has 1 amide bonds. The fraction of sp³-hybridized carbons (Fsp3) is 0.273. The van der Waals surface area contributed by atoms with Crippen molar-refractivity contribution >= 4 is 35.1 Å². The third kappa shape index (κ3) is 4.94. The van der Waals surface area contributed by atoms with Crippen molar-refractivity contribution in [2.75, 3.05) is 13.2 Å². The van der Waals surface area contributed by atoms with Gasteiger partial charge in [-0.3, -0.25) is 4.79 Å². The van der Waals surface area contributed by atoms with Crippen LogP contribution in [0, 0.1) is 0 Å². The molecular weight excluding hydrogens is 297 g/mol. The van der Waals surface area contributed by atoms with E-state index >= 15 is 0 Å². The quantitative estimate of drug-likeness (QED) is 0.726. The lowest BCUT2D eigenvalue weighted by Crippen LogP contribution is -2.45. The molecule has 0 saturated heterocycles. The summed E-state index contributed by atoms with van der Waals surface area (Å²) in [5.41, 5.74) is 0. The minimum atomic E-state index is -1.36. The molecule has 1 atom stereocenters. The van der Waals surface area contributed by atoms with E-state index in [1.165, 1.54) is 18.2 Å². The molecule has 0 aliphatic heterocycles. The second-order valence-electron chi connectivity index (χ2n) is 3.51. The second-order valence-corrected chi connectivity index (χ2v) is 4.32. The summed E-state index contributed by atoms with van der Waals surface area (Å²) in [5, 5.41) is 20.1. The monoisotopic (exact) mass is 307 g/mol. The lowest BCUT2D eigenvalue weighted by molar-refractivity contribution is -0.143. The highest BCUT2D eigenvalue weighted by atomic mass is 35.5. The van der Waals surface area contributed by atoms with Gasteiger partial charge in [-0.2, -0.15) is 0 Å². The maximum Gasteiger partial charge on any atom is 0.328 e. The van der Waals surface area contributed by atoms with E-state index in [-0.39, 0.29) is 5.02 Å². The number of carboxylic acids is 1. The Hall–Kier alpha value is -1.50. The largest absolute Gasteiger partial charge is 0.484 e. The molecule has 0 radical (unpaired) electrons. The van der Waals surface area contributed by atoms with Crippen LogP contribution in [-0.2, 0) is 9.59 Å². The first-order chi connectivity index (χ1) is 8.93. The van der Waals surface area contributed by atoms with E-state index in [0.717, 1.165) is 0 Å². The van der Waals surface area contributed by atoms with Crippen molar-refractivity contribution in [1.82, 2.24) is 5.32 Å². The number of aliphatic carboxylic acids is 1. The summed E-state index contributed by atoms with van der Waals surface area (Å²) >= 11 is 11.5. The van der Waals surface area contributed by atoms with E-state index in [1.54, 1.807) is 0 Å². The van der Waals surface area contributed by atoms with Gasteiger partial charge in [-0.1, -0.05) is 23.2 Å².